The fourth-order valence-corrected chi connectivity index (χ4v) is 2.39. The van der Waals surface area contributed by atoms with Gasteiger partial charge in [-0.05, 0) is 36.2 Å². The number of urea groups is 1. The largest absolute Gasteiger partial charge is 0.482 e. The zero-order valence-corrected chi connectivity index (χ0v) is 13.2. The molecule has 0 saturated carbocycles. The number of amides is 3. The molecular formula is C17H18N4O3. The highest BCUT2D eigenvalue weighted by Gasteiger charge is 2.18. The maximum Gasteiger partial charge on any atom is 0.315 e. The molecule has 0 saturated heterocycles. The Hall–Kier alpha value is -3.09. The number of nitrogens with one attached hydrogen (secondary N) is 3. The quantitative estimate of drug-likeness (QED) is 0.801. The lowest BCUT2D eigenvalue weighted by Crippen LogP contribution is -2.36. The predicted molar refractivity (Wildman–Crippen MR) is 88.6 cm³/mol. The second-order valence-electron chi connectivity index (χ2n) is 5.50. The Morgan fingerprint density at radius 3 is 3.08 bits per heavy atom. The predicted octanol–water partition coefficient (Wildman–Crippen LogP) is 1.97. The van der Waals surface area contributed by atoms with E-state index in [1.54, 1.807) is 24.5 Å². The molecule has 1 aromatic heterocycles. The van der Waals surface area contributed by atoms with E-state index in [1.165, 1.54) is 0 Å². The zero-order chi connectivity index (χ0) is 16.9. The van der Waals surface area contributed by atoms with Crippen LogP contribution in [0, 0.1) is 0 Å². The molecule has 1 aliphatic heterocycles. The number of hydrogen-bond acceptors (Lipinski definition) is 4. The molecule has 0 radical (unpaired) electrons. The van der Waals surface area contributed by atoms with E-state index >= 15 is 0 Å². The lowest BCUT2D eigenvalue weighted by molar-refractivity contribution is -0.118. The molecule has 3 N–H and O–H groups in total. The monoisotopic (exact) mass is 326 g/mol. The van der Waals surface area contributed by atoms with Crippen LogP contribution in [0.4, 0.5) is 10.5 Å². The number of nitrogens with zero attached hydrogens (tertiary/aromatic N) is 1. The second kappa shape index (κ2) is 6.99. The molecule has 0 aliphatic carbocycles. The number of aromatic nitrogens is 1. The summed E-state index contributed by atoms with van der Waals surface area (Å²) in [5, 5.41) is 8.40. The summed E-state index contributed by atoms with van der Waals surface area (Å²) >= 11 is 0. The van der Waals surface area contributed by atoms with E-state index in [4.69, 9.17) is 4.74 Å². The number of carbonyl (C=O) groups excluding carboxylic acids is 2. The van der Waals surface area contributed by atoms with Gasteiger partial charge < -0.3 is 20.7 Å². The fraction of sp³-hybridized carbons (Fsp3) is 0.235. The lowest BCUT2D eigenvalue weighted by Gasteiger charge is -2.21. The number of carbonyl (C=O) groups is 2. The Kier molecular flexibility index (Phi) is 4.60. The Bertz CT molecular complexity index is 749. The third-order valence-electron chi connectivity index (χ3n) is 3.66. The van der Waals surface area contributed by atoms with Gasteiger partial charge in [0.05, 0.1) is 11.7 Å². The number of benzene rings is 1. The van der Waals surface area contributed by atoms with Crippen LogP contribution in [0.3, 0.4) is 0 Å². The summed E-state index contributed by atoms with van der Waals surface area (Å²) in [6.45, 7) is 2.30. The SMILES string of the molecule is C[C@H](NC(=O)NCc1cccnc1)c1ccc2c(c1)NC(=O)CO2. The first-order chi connectivity index (χ1) is 11.6. The minimum atomic E-state index is -0.274. The van der Waals surface area contributed by atoms with Gasteiger partial charge in [-0.1, -0.05) is 12.1 Å². The number of anilines is 1. The lowest BCUT2D eigenvalue weighted by atomic mass is 10.1. The maximum atomic E-state index is 12.0. The van der Waals surface area contributed by atoms with E-state index in [-0.39, 0.29) is 24.6 Å². The van der Waals surface area contributed by atoms with Crippen LogP contribution in [-0.2, 0) is 11.3 Å². The molecule has 124 valence electrons. The van der Waals surface area contributed by atoms with Crippen LogP contribution < -0.4 is 20.7 Å². The molecule has 24 heavy (non-hydrogen) atoms. The molecule has 7 heteroatoms. The minimum absolute atomic E-state index is 0.0247. The van der Waals surface area contributed by atoms with Crippen molar-refractivity contribution in [2.24, 2.45) is 0 Å². The maximum absolute atomic E-state index is 12.0. The van der Waals surface area contributed by atoms with E-state index in [1.807, 2.05) is 25.1 Å². The van der Waals surface area contributed by atoms with Crippen molar-refractivity contribution < 1.29 is 14.3 Å². The van der Waals surface area contributed by atoms with E-state index in [0.717, 1.165) is 11.1 Å². The summed E-state index contributed by atoms with van der Waals surface area (Å²) in [6, 6.07) is 8.67. The topological polar surface area (TPSA) is 92.4 Å². The normalized spacial score (nSPS) is 14.0. The highest BCUT2D eigenvalue weighted by atomic mass is 16.5. The zero-order valence-electron chi connectivity index (χ0n) is 13.2. The van der Waals surface area contributed by atoms with Crippen molar-refractivity contribution in [3.63, 3.8) is 0 Å². The van der Waals surface area contributed by atoms with Crippen LogP contribution in [0.5, 0.6) is 5.75 Å². The van der Waals surface area contributed by atoms with Gasteiger partial charge in [0.15, 0.2) is 6.61 Å². The van der Waals surface area contributed by atoms with Crippen molar-refractivity contribution in [3.8, 4) is 5.75 Å². The first-order valence-electron chi connectivity index (χ1n) is 7.61. The number of rotatable bonds is 4. The van der Waals surface area contributed by atoms with Crippen molar-refractivity contribution >= 4 is 17.6 Å². The minimum Gasteiger partial charge on any atom is -0.482 e. The summed E-state index contributed by atoms with van der Waals surface area (Å²) < 4.78 is 5.32. The summed E-state index contributed by atoms with van der Waals surface area (Å²) in [4.78, 5) is 27.4. The highest BCUT2D eigenvalue weighted by Crippen LogP contribution is 2.30. The van der Waals surface area contributed by atoms with Gasteiger partial charge in [0.2, 0.25) is 0 Å². The van der Waals surface area contributed by atoms with E-state index < -0.39 is 0 Å². The van der Waals surface area contributed by atoms with Gasteiger partial charge in [-0.3, -0.25) is 9.78 Å². The van der Waals surface area contributed by atoms with Crippen LogP contribution >= 0.6 is 0 Å². The van der Waals surface area contributed by atoms with Crippen LogP contribution in [0.15, 0.2) is 42.7 Å². The molecule has 1 atom stereocenters. The second-order valence-corrected chi connectivity index (χ2v) is 5.50. The van der Waals surface area contributed by atoms with Crippen LogP contribution in [0.25, 0.3) is 0 Å². The molecule has 0 fully saturated rings. The van der Waals surface area contributed by atoms with Crippen molar-refractivity contribution in [1.29, 1.82) is 0 Å². The summed E-state index contributed by atoms with van der Waals surface area (Å²) in [7, 11) is 0. The first-order valence-corrected chi connectivity index (χ1v) is 7.61. The Morgan fingerprint density at radius 1 is 1.42 bits per heavy atom. The van der Waals surface area contributed by atoms with Crippen molar-refractivity contribution in [2.75, 3.05) is 11.9 Å². The third-order valence-corrected chi connectivity index (χ3v) is 3.66. The number of hydrogen-bond donors (Lipinski definition) is 3. The van der Waals surface area contributed by atoms with Crippen molar-refractivity contribution in [2.45, 2.75) is 19.5 Å². The standard InChI is InChI=1S/C17H18N4O3/c1-11(20-17(23)19-9-12-3-2-6-18-8-12)13-4-5-15-14(7-13)21-16(22)10-24-15/h2-8,11H,9-10H2,1H3,(H,21,22)(H2,19,20,23)/t11-/m0/s1. The summed E-state index contributed by atoms with van der Waals surface area (Å²) in [6.07, 6.45) is 3.39. The molecule has 7 nitrogen and oxygen atoms in total. The van der Waals surface area contributed by atoms with Crippen LogP contribution in [0.1, 0.15) is 24.1 Å². The van der Waals surface area contributed by atoms with E-state index in [9.17, 15) is 9.59 Å². The van der Waals surface area contributed by atoms with Crippen LogP contribution in [-0.4, -0.2) is 23.5 Å². The average molecular weight is 326 g/mol. The Morgan fingerprint density at radius 2 is 2.29 bits per heavy atom. The Balaban J connectivity index is 1.58. The summed E-state index contributed by atoms with van der Waals surface area (Å²) in [5.41, 5.74) is 2.41. The van der Waals surface area contributed by atoms with Gasteiger partial charge >= 0.3 is 6.03 Å². The summed E-state index contributed by atoms with van der Waals surface area (Å²) in [5.74, 6) is 0.445. The molecule has 1 aliphatic rings. The average Bonchev–Trinajstić information content (AvgIpc) is 2.60. The molecule has 0 unspecified atom stereocenters. The molecule has 0 bridgehead atoms. The number of pyridine rings is 1. The van der Waals surface area contributed by atoms with Crippen LogP contribution in [0.2, 0.25) is 0 Å². The van der Waals surface area contributed by atoms with Gasteiger partial charge in [-0.2, -0.15) is 0 Å². The number of fused-ring (bicyclic) bond motifs is 1. The molecular weight excluding hydrogens is 308 g/mol. The fourth-order valence-electron chi connectivity index (χ4n) is 2.39. The molecule has 1 aromatic carbocycles. The van der Waals surface area contributed by atoms with E-state index in [2.05, 4.69) is 20.9 Å². The molecule has 3 rings (SSSR count). The van der Waals surface area contributed by atoms with Crippen molar-refractivity contribution in [3.05, 3.63) is 53.9 Å². The third kappa shape index (κ3) is 3.81. The molecule has 0 spiro atoms. The molecule has 2 aromatic rings. The van der Waals surface area contributed by atoms with Gasteiger partial charge in [0.1, 0.15) is 5.75 Å². The van der Waals surface area contributed by atoms with E-state index in [0.29, 0.717) is 18.0 Å². The first kappa shape index (κ1) is 15.8. The van der Waals surface area contributed by atoms with Gasteiger partial charge in [0, 0.05) is 18.9 Å². The molecule has 2 heterocycles. The van der Waals surface area contributed by atoms with Gasteiger partial charge in [0.25, 0.3) is 5.91 Å². The number of ether oxygens (including phenoxy) is 1. The highest BCUT2D eigenvalue weighted by molar-refractivity contribution is 5.95. The Labute approximate surface area is 139 Å². The van der Waals surface area contributed by atoms with Crippen molar-refractivity contribution in [1.82, 2.24) is 15.6 Å². The molecule has 3 amide bonds. The van der Waals surface area contributed by atoms with Gasteiger partial charge in [-0.15, -0.1) is 0 Å². The van der Waals surface area contributed by atoms with Gasteiger partial charge in [-0.25, -0.2) is 4.79 Å². The smallest absolute Gasteiger partial charge is 0.315 e.